The number of hydrogen-bond acceptors (Lipinski definition) is 8. The zero-order valence-electron chi connectivity index (χ0n) is 33.9. The summed E-state index contributed by atoms with van der Waals surface area (Å²) in [7, 11) is 2.21. The van der Waals surface area contributed by atoms with Crippen LogP contribution in [0.5, 0.6) is 0 Å². The fourth-order valence-electron chi connectivity index (χ4n) is 8.19. The molecule has 4 aromatic carbocycles. The Balaban J connectivity index is 1.33. The van der Waals surface area contributed by atoms with Crippen molar-refractivity contribution in [1.82, 2.24) is 0 Å². The smallest absolute Gasteiger partial charge is 0.261 e. The number of aliphatic hydroxyl groups excluding tert-OH is 1. The van der Waals surface area contributed by atoms with Crippen LogP contribution in [0.4, 0.5) is 0 Å². The van der Waals surface area contributed by atoms with E-state index in [1.807, 2.05) is 67.6 Å². The van der Waals surface area contributed by atoms with Crippen LogP contribution in [0.2, 0.25) is 5.04 Å². The molecule has 0 unspecified atom stereocenters. The SMILES string of the molecule is CO[C@H]1O[C@H](C[C@@H](O)[C@H](C)[C@H](OC)[C@@H](C)CO[Si](c2ccccc2)(c2ccccc2)C(C)(C)C)[C@H](OC)[C@H](OCc2ccccc2)[C@H]1OCc1ccccc1. The highest BCUT2D eigenvalue weighted by molar-refractivity contribution is 6.99. The van der Waals surface area contributed by atoms with Crippen LogP contribution in [0, 0.1) is 11.8 Å². The van der Waals surface area contributed by atoms with E-state index in [1.165, 1.54) is 10.4 Å². The zero-order chi connectivity index (χ0) is 39.4. The third-order valence-electron chi connectivity index (χ3n) is 11.1. The van der Waals surface area contributed by atoms with Gasteiger partial charge in [0.1, 0.15) is 18.3 Å². The van der Waals surface area contributed by atoms with E-state index in [0.29, 0.717) is 19.8 Å². The lowest BCUT2D eigenvalue weighted by Gasteiger charge is -2.46. The van der Waals surface area contributed by atoms with Crippen molar-refractivity contribution in [1.29, 1.82) is 0 Å². The number of methoxy groups -OCH3 is 3. The maximum Gasteiger partial charge on any atom is 0.261 e. The molecule has 0 aliphatic carbocycles. The maximum absolute atomic E-state index is 12.0. The Morgan fingerprint density at radius 2 is 1.13 bits per heavy atom. The van der Waals surface area contributed by atoms with Crippen LogP contribution in [0.25, 0.3) is 0 Å². The first-order chi connectivity index (χ1) is 26.5. The van der Waals surface area contributed by atoms with Crippen LogP contribution >= 0.6 is 0 Å². The Labute approximate surface area is 330 Å². The monoisotopic (exact) mass is 770 g/mol. The van der Waals surface area contributed by atoms with Crippen molar-refractivity contribution in [3.63, 3.8) is 0 Å². The molecule has 0 spiro atoms. The molecule has 5 rings (SSSR count). The molecule has 1 saturated heterocycles. The fourth-order valence-corrected chi connectivity index (χ4v) is 12.9. The van der Waals surface area contributed by atoms with Gasteiger partial charge in [-0.05, 0) is 26.5 Å². The molecule has 0 saturated carbocycles. The summed E-state index contributed by atoms with van der Waals surface area (Å²) >= 11 is 0. The topological polar surface area (TPSA) is 84.8 Å². The summed E-state index contributed by atoms with van der Waals surface area (Å²) in [4.78, 5) is 0. The minimum absolute atomic E-state index is 0.0359. The van der Waals surface area contributed by atoms with Gasteiger partial charge in [-0.1, -0.05) is 156 Å². The van der Waals surface area contributed by atoms with Crippen LogP contribution in [0.15, 0.2) is 121 Å². The largest absolute Gasteiger partial charge is 0.407 e. The summed E-state index contributed by atoms with van der Waals surface area (Å²) in [6, 6.07) is 41.3. The number of ether oxygens (including phenoxy) is 6. The first-order valence-corrected chi connectivity index (χ1v) is 21.4. The first kappa shape index (κ1) is 42.9. The van der Waals surface area contributed by atoms with E-state index < -0.39 is 45.1 Å². The Kier molecular flexibility index (Phi) is 15.8. The fraction of sp³-hybridized carbons (Fsp3) is 0.478. The van der Waals surface area contributed by atoms with E-state index in [4.69, 9.17) is 32.8 Å². The molecule has 0 radical (unpaired) electrons. The van der Waals surface area contributed by atoms with Crippen molar-refractivity contribution in [2.45, 2.75) is 102 Å². The predicted octanol–water partition coefficient (Wildman–Crippen LogP) is 7.16. The Bertz CT molecular complexity index is 1620. The lowest BCUT2D eigenvalue weighted by Crippen LogP contribution is -2.67. The number of rotatable bonds is 19. The van der Waals surface area contributed by atoms with Gasteiger partial charge in [-0.15, -0.1) is 0 Å². The molecule has 8 nitrogen and oxygen atoms in total. The van der Waals surface area contributed by atoms with Crippen LogP contribution in [0.3, 0.4) is 0 Å². The van der Waals surface area contributed by atoms with Crippen molar-refractivity contribution in [2.24, 2.45) is 11.8 Å². The van der Waals surface area contributed by atoms with Crippen LogP contribution < -0.4 is 10.4 Å². The van der Waals surface area contributed by atoms with Crippen molar-refractivity contribution in [3.8, 4) is 0 Å². The van der Waals surface area contributed by atoms with Gasteiger partial charge in [-0.3, -0.25) is 0 Å². The van der Waals surface area contributed by atoms with Crippen molar-refractivity contribution in [2.75, 3.05) is 27.9 Å². The molecule has 4 aromatic rings. The normalized spacial score (nSPS) is 22.8. The summed E-state index contributed by atoms with van der Waals surface area (Å²) in [5, 5.41) is 14.3. The summed E-state index contributed by atoms with van der Waals surface area (Å²) in [5.41, 5.74) is 2.06. The minimum Gasteiger partial charge on any atom is -0.407 e. The molecule has 1 N–H and O–H groups in total. The van der Waals surface area contributed by atoms with Gasteiger partial charge < -0.3 is 38.0 Å². The molecule has 1 aliphatic rings. The average molecular weight is 771 g/mol. The second-order valence-electron chi connectivity index (χ2n) is 15.8. The molecular formula is C46H62O8Si. The van der Waals surface area contributed by atoms with Crippen LogP contribution in [0.1, 0.15) is 52.2 Å². The van der Waals surface area contributed by atoms with Gasteiger partial charge in [-0.2, -0.15) is 0 Å². The molecule has 1 fully saturated rings. The lowest BCUT2D eigenvalue weighted by atomic mass is 9.85. The van der Waals surface area contributed by atoms with Crippen molar-refractivity contribution < 1.29 is 38.0 Å². The second-order valence-corrected chi connectivity index (χ2v) is 20.1. The average Bonchev–Trinajstić information content (AvgIpc) is 3.20. The Morgan fingerprint density at radius 1 is 0.655 bits per heavy atom. The molecular weight excluding hydrogens is 709 g/mol. The first-order valence-electron chi connectivity index (χ1n) is 19.5. The molecule has 1 heterocycles. The van der Waals surface area contributed by atoms with E-state index in [9.17, 15) is 5.11 Å². The highest BCUT2D eigenvalue weighted by atomic mass is 28.4. The summed E-state index contributed by atoms with van der Waals surface area (Å²) in [5.74, 6) is -0.299. The molecule has 0 bridgehead atoms. The van der Waals surface area contributed by atoms with Gasteiger partial charge >= 0.3 is 0 Å². The highest BCUT2D eigenvalue weighted by Crippen LogP contribution is 2.38. The standard InChI is InChI=1S/C46H62O8Si/c1-33(30-53-55(46(3,4)5,37-25-17-11-18-26-37)38-27-19-12-20-28-38)41(48-6)34(2)39(47)29-40-42(49-7)43(51-31-35-21-13-9-14-22-35)44(45(50-8)54-40)52-32-36-23-15-10-16-24-36/h9-28,33-34,39-45,47H,29-32H2,1-8H3/t33-,34-,39+,40+,41+,42-,43-,44+,45-/m0/s1. The van der Waals surface area contributed by atoms with E-state index in [2.05, 4.69) is 88.4 Å². The summed E-state index contributed by atoms with van der Waals surface area (Å²) in [6.45, 7) is 12.2. The number of benzene rings is 4. The van der Waals surface area contributed by atoms with Crippen LogP contribution in [-0.4, -0.2) is 84.3 Å². The van der Waals surface area contributed by atoms with E-state index >= 15 is 0 Å². The van der Waals surface area contributed by atoms with Crippen molar-refractivity contribution in [3.05, 3.63) is 132 Å². The van der Waals surface area contributed by atoms with Gasteiger partial charge in [0.15, 0.2) is 6.29 Å². The molecule has 0 aromatic heterocycles. The van der Waals surface area contributed by atoms with E-state index in [0.717, 1.165) is 11.1 Å². The lowest BCUT2D eigenvalue weighted by molar-refractivity contribution is -0.317. The Hall–Kier alpha value is -3.22. The molecule has 1 aliphatic heterocycles. The number of hydrogen-bond donors (Lipinski definition) is 1. The molecule has 9 heteroatoms. The minimum atomic E-state index is -2.76. The highest BCUT2D eigenvalue weighted by Gasteiger charge is 2.51. The zero-order valence-corrected chi connectivity index (χ0v) is 34.9. The van der Waals surface area contributed by atoms with E-state index in [1.54, 1.807) is 21.3 Å². The number of aliphatic hydroxyl groups is 1. The van der Waals surface area contributed by atoms with Gasteiger partial charge in [0.25, 0.3) is 8.32 Å². The molecule has 55 heavy (non-hydrogen) atoms. The third-order valence-corrected chi connectivity index (χ3v) is 16.1. The van der Waals surface area contributed by atoms with E-state index in [-0.39, 0.29) is 29.4 Å². The van der Waals surface area contributed by atoms with Gasteiger partial charge in [-0.25, -0.2) is 0 Å². The van der Waals surface area contributed by atoms with Crippen LogP contribution in [-0.2, 0) is 46.1 Å². The second kappa shape index (κ2) is 20.3. The van der Waals surface area contributed by atoms with Gasteiger partial charge in [0.2, 0.25) is 0 Å². The third kappa shape index (κ3) is 10.4. The molecule has 298 valence electrons. The summed E-state index contributed by atoms with van der Waals surface area (Å²) in [6.07, 6.45) is -3.80. The van der Waals surface area contributed by atoms with Crippen molar-refractivity contribution >= 4 is 18.7 Å². The van der Waals surface area contributed by atoms with Gasteiger partial charge in [0, 0.05) is 46.2 Å². The van der Waals surface area contributed by atoms with Gasteiger partial charge in [0.05, 0.1) is 31.5 Å². The quantitative estimate of drug-likeness (QED) is 0.101. The summed E-state index contributed by atoms with van der Waals surface area (Å²) < 4.78 is 45.2. The molecule has 9 atom stereocenters. The Morgan fingerprint density at radius 3 is 1.56 bits per heavy atom. The maximum atomic E-state index is 12.0. The molecule has 0 amide bonds. The predicted molar refractivity (Wildman–Crippen MR) is 220 cm³/mol.